The first-order chi connectivity index (χ1) is 8.45. The molecule has 0 bridgehead atoms. The Morgan fingerprint density at radius 3 is 2.78 bits per heavy atom. The molecule has 0 spiro atoms. The highest BCUT2D eigenvalue weighted by molar-refractivity contribution is 6.17. The van der Waals surface area contributed by atoms with Gasteiger partial charge in [-0.25, -0.2) is 4.98 Å². The number of halogens is 1. The van der Waals surface area contributed by atoms with Crippen molar-refractivity contribution in [1.29, 1.82) is 0 Å². The smallest absolute Gasteiger partial charge is 0.106 e. The Bertz CT molecular complexity index is 557. The second-order valence-electron chi connectivity index (χ2n) is 5.37. The van der Waals surface area contributed by atoms with Crippen LogP contribution in [0.25, 0.3) is 11.0 Å². The molecule has 0 unspecified atom stereocenters. The van der Waals surface area contributed by atoms with E-state index in [0.717, 1.165) is 17.9 Å². The molecule has 0 saturated heterocycles. The van der Waals surface area contributed by atoms with Crippen molar-refractivity contribution in [2.45, 2.75) is 26.2 Å². The number of aromatic nitrogens is 2. The maximum Gasteiger partial charge on any atom is 0.106 e. The largest absolute Gasteiger partial charge is 0.331 e. The van der Waals surface area contributed by atoms with Gasteiger partial charge in [0, 0.05) is 19.0 Å². The molecule has 4 heteroatoms. The van der Waals surface area contributed by atoms with Crippen LogP contribution in [-0.4, -0.2) is 22.1 Å². The lowest BCUT2D eigenvalue weighted by Crippen LogP contribution is -2.32. The molecule has 0 fully saturated rings. The number of imidazole rings is 1. The van der Waals surface area contributed by atoms with Crippen molar-refractivity contribution in [1.82, 2.24) is 14.9 Å². The Morgan fingerprint density at radius 1 is 1.39 bits per heavy atom. The third kappa shape index (κ3) is 2.38. The molecule has 1 aromatic heterocycles. The van der Waals surface area contributed by atoms with Crippen molar-refractivity contribution in [3.63, 3.8) is 0 Å². The highest BCUT2D eigenvalue weighted by Crippen LogP contribution is 2.26. The fourth-order valence-electron chi connectivity index (χ4n) is 2.20. The molecule has 0 aliphatic heterocycles. The molecule has 1 heterocycles. The van der Waals surface area contributed by atoms with Crippen molar-refractivity contribution in [3.8, 4) is 0 Å². The van der Waals surface area contributed by atoms with Crippen LogP contribution >= 0.6 is 11.6 Å². The van der Waals surface area contributed by atoms with Crippen LogP contribution in [0.2, 0.25) is 0 Å². The van der Waals surface area contributed by atoms with Gasteiger partial charge in [-0.15, -0.1) is 11.6 Å². The van der Waals surface area contributed by atoms with Crippen LogP contribution < -0.4 is 5.32 Å². The molecular formula is C14H20ClN3. The van der Waals surface area contributed by atoms with E-state index in [0.29, 0.717) is 6.00 Å². The average molecular weight is 266 g/mol. The van der Waals surface area contributed by atoms with Crippen molar-refractivity contribution in [3.05, 3.63) is 29.6 Å². The van der Waals surface area contributed by atoms with Crippen LogP contribution in [0.5, 0.6) is 0 Å². The molecule has 0 aliphatic carbocycles. The van der Waals surface area contributed by atoms with Gasteiger partial charge in [-0.3, -0.25) is 0 Å². The van der Waals surface area contributed by atoms with E-state index in [1.165, 1.54) is 11.1 Å². The Kier molecular flexibility index (Phi) is 3.64. The summed E-state index contributed by atoms with van der Waals surface area (Å²) >= 11 is 5.69. The molecule has 1 N–H and O–H groups in total. The topological polar surface area (TPSA) is 29.9 Å². The molecule has 0 saturated carbocycles. The summed E-state index contributed by atoms with van der Waals surface area (Å²) in [5.74, 6) is 1.04. The van der Waals surface area contributed by atoms with Crippen molar-refractivity contribution >= 4 is 22.6 Å². The van der Waals surface area contributed by atoms with Crippen molar-refractivity contribution in [2.24, 2.45) is 7.05 Å². The highest BCUT2D eigenvalue weighted by Gasteiger charge is 2.21. The summed E-state index contributed by atoms with van der Waals surface area (Å²) in [7, 11) is 2.05. The van der Waals surface area contributed by atoms with E-state index in [9.17, 15) is 0 Å². The molecule has 2 aromatic rings. The van der Waals surface area contributed by atoms with Gasteiger partial charge in [-0.1, -0.05) is 19.9 Å². The fourth-order valence-corrected chi connectivity index (χ4v) is 2.30. The van der Waals surface area contributed by atoms with Crippen molar-refractivity contribution in [2.75, 3.05) is 12.5 Å². The summed E-state index contributed by atoms with van der Waals surface area (Å²) in [6, 6.07) is 6.99. The second kappa shape index (κ2) is 4.90. The lowest BCUT2D eigenvalue weighted by Gasteiger charge is -2.25. The van der Waals surface area contributed by atoms with Gasteiger partial charge in [-0.2, -0.15) is 0 Å². The van der Waals surface area contributed by atoms with E-state index in [1.807, 2.05) is 14.0 Å². The Balaban J connectivity index is 2.40. The number of aryl methyl sites for hydroxylation is 2. The standard InChI is InChI=1S/C14H20ClN3/c1-10-17-12-7-11(5-6-13(12)18(10)4)14(2,3)8-16-9-15/h5-7,16H,8-9H2,1-4H3. The van der Waals surface area contributed by atoms with Crippen LogP contribution in [-0.2, 0) is 12.5 Å². The van der Waals surface area contributed by atoms with Gasteiger partial charge in [0.05, 0.1) is 17.0 Å². The van der Waals surface area contributed by atoms with Crippen LogP contribution in [0.1, 0.15) is 25.2 Å². The van der Waals surface area contributed by atoms with E-state index in [2.05, 4.69) is 46.9 Å². The average Bonchev–Trinajstić information content (AvgIpc) is 2.62. The zero-order valence-corrected chi connectivity index (χ0v) is 12.2. The number of benzene rings is 1. The Morgan fingerprint density at radius 2 is 2.11 bits per heavy atom. The predicted molar refractivity (Wildman–Crippen MR) is 77.2 cm³/mol. The lowest BCUT2D eigenvalue weighted by atomic mass is 9.84. The minimum absolute atomic E-state index is 0.0501. The quantitative estimate of drug-likeness (QED) is 0.680. The Hall–Kier alpha value is -1.06. The van der Waals surface area contributed by atoms with E-state index in [1.54, 1.807) is 0 Å². The monoisotopic (exact) mass is 265 g/mol. The molecule has 3 nitrogen and oxygen atoms in total. The number of alkyl halides is 1. The highest BCUT2D eigenvalue weighted by atomic mass is 35.5. The molecule has 18 heavy (non-hydrogen) atoms. The van der Waals surface area contributed by atoms with Gasteiger partial charge >= 0.3 is 0 Å². The first-order valence-electron chi connectivity index (χ1n) is 6.16. The number of nitrogens with one attached hydrogen (secondary N) is 1. The lowest BCUT2D eigenvalue weighted by molar-refractivity contribution is 0.489. The number of nitrogens with zero attached hydrogens (tertiary/aromatic N) is 2. The first kappa shape index (κ1) is 13.4. The molecule has 0 aliphatic rings. The maximum atomic E-state index is 5.69. The molecule has 0 atom stereocenters. The molecule has 1 aromatic carbocycles. The Labute approximate surface area is 113 Å². The zero-order valence-electron chi connectivity index (χ0n) is 11.4. The molecule has 98 valence electrons. The van der Waals surface area contributed by atoms with Gasteiger partial charge in [0.15, 0.2) is 0 Å². The van der Waals surface area contributed by atoms with Crippen LogP contribution in [0.3, 0.4) is 0 Å². The van der Waals surface area contributed by atoms with Crippen LogP contribution in [0.15, 0.2) is 18.2 Å². The summed E-state index contributed by atoms with van der Waals surface area (Å²) in [5.41, 5.74) is 3.57. The zero-order chi connectivity index (χ0) is 13.3. The minimum Gasteiger partial charge on any atom is -0.331 e. The number of rotatable bonds is 4. The summed E-state index contributed by atoms with van der Waals surface area (Å²) in [6.07, 6.45) is 0. The van der Waals surface area contributed by atoms with Gasteiger partial charge in [0.1, 0.15) is 5.82 Å². The second-order valence-corrected chi connectivity index (χ2v) is 5.63. The summed E-state index contributed by atoms with van der Waals surface area (Å²) in [4.78, 5) is 4.58. The van der Waals surface area contributed by atoms with Crippen LogP contribution in [0, 0.1) is 6.92 Å². The summed E-state index contributed by atoms with van der Waals surface area (Å²) in [5, 5.41) is 3.19. The molecular weight excluding hydrogens is 246 g/mol. The third-order valence-electron chi connectivity index (χ3n) is 3.55. The first-order valence-corrected chi connectivity index (χ1v) is 6.69. The van der Waals surface area contributed by atoms with Gasteiger partial charge < -0.3 is 9.88 Å². The van der Waals surface area contributed by atoms with Crippen molar-refractivity contribution < 1.29 is 0 Å². The van der Waals surface area contributed by atoms with E-state index >= 15 is 0 Å². The maximum absolute atomic E-state index is 5.69. The third-order valence-corrected chi connectivity index (χ3v) is 3.74. The molecule has 0 radical (unpaired) electrons. The number of hydrogen-bond acceptors (Lipinski definition) is 2. The summed E-state index contributed by atoms with van der Waals surface area (Å²) < 4.78 is 2.11. The van der Waals surface area contributed by atoms with Gasteiger partial charge in [-0.05, 0) is 24.6 Å². The van der Waals surface area contributed by atoms with Crippen LogP contribution in [0.4, 0.5) is 0 Å². The van der Waals surface area contributed by atoms with Gasteiger partial charge in [0.25, 0.3) is 0 Å². The molecule has 2 rings (SSSR count). The molecule has 0 amide bonds. The SMILES string of the molecule is Cc1nc2cc(C(C)(C)CNCCl)ccc2n1C. The fraction of sp³-hybridized carbons (Fsp3) is 0.500. The van der Waals surface area contributed by atoms with E-state index < -0.39 is 0 Å². The van der Waals surface area contributed by atoms with Gasteiger partial charge in [0.2, 0.25) is 0 Å². The minimum atomic E-state index is 0.0501. The number of fused-ring (bicyclic) bond motifs is 1. The number of hydrogen-bond donors (Lipinski definition) is 1. The van der Waals surface area contributed by atoms with E-state index in [-0.39, 0.29) is 5.41 Å². The normalized spacial score (nSPS) is 12.3. The summed E-state index contributed by atoms with van der Waals surface area (Å²) in [6.45, 7) is 7.31. The van der Waals surface area contributed by atoms with E-state index in [4.69, 9.17) is 11.6 Å². The predicted octanol–water partition coefficient (Wildman–Crippen LogP) is 2.95.